The number of carbonyl (C=O) groups excluding carboxylic acids is 1. The fraction of sp³-hybridized carbons (Fsp3) is 0.625. The average molecular weight is 195 g/mol. The molecule has 76 valence electrons. The highest BCUT2D eigenvalue weighted by molar-refractivity contribution is 5.76. The average Bonchev–Trinajstić information content (AvgIpc) is 2.75. The lowest BCUT2D eigenvalue weighted by atomic mass is 10.3. The summed E-state index contributed by atoms with van der Waals surface area (Å²) < 4.78 is 1.52. The molecule has 0 bridgehead atoms. The van der Waals surface area contributed by atoms with Crippen LogP contribution in [-0.2, 0) is 11.3 Å². The van der Waals surface area contributed by atoms with Crippen LogP contribution in [0.5, 0.6) is 0 Å². The summed E-state index contributed by atoms with van der Waals surface area (Å²) in [6.07, 6.45) is 4.12. The van der Waals surface area contributed by atoms with Crippen molar-refractivity contribution in [1.29, 1.82) is 0 Å². The molecule has 1 aliphatic heterocycles. The van der Waals surface area contributed by atoms with Crippen molar-refractivity contribution < 1.29 is 4.79 Å². The molecule has 6 nitrogen and oxygen atoms in total. The van der Waals surface area contributed by atoms with E-state index in [1.807, 2.05) is 0 Å². The van der Waals surface area contributed by atoms with Crippen LogP contribution in [0.15, 0.2) is 12.4 Å². The number of aromatic nitrogens is 3. The summed E-state index contributed by atoms with van der Waals surface area (Å²) in [5.74, 6) is 0.0588. The van der Waals surface area contributed by atoms with E-state index in [2.05, 4.69) is 10.3 Å². The van der Waals surface area contributed by atoms with E-state index in [4.69, 9.17) is 5.73 Å². The largest absolute Gasteiger partial charge is 0.339 e. The van der Waals surface area contributed by atoms with Crippen molar-refractivity contribution in [2.75, 3.05) is 13.1 Å². The zero-order valence-corrected chi connectivity index (χ0v) is 7.83. The number of amides is 1. The van der Waals surface area contributed by atoms with E-state index in [1.165, 1.54) is 4.68 Å². The van der Waals surface area contributed by atoms with Gasteiger partial charge in [0.15, 0.2) is 0 Å². The SMILES string of the molecule is N[C@@H]1CCN(C(=O)Cn2ccnn2)C1. The van der Waals surface area contributed by atoms with Crippen molar-refractivity contribution in [3.8, 4) is 0 Å². The Hall–Kier alpha value is -1.43. The number of carbonyl (C=O) groups is 1. The molecule has 1 atom stereocenters. The van der Waals surface area contributed by atoms with Gasteiger partial charge < -0.3 is 10.6 Å². The molecule has 1 fully saturated rings. The summed E-state index contributed by atoms with van der Waals surface area (Å²) >= 11 is 0. The molecule has 0 radical (unpaired) electrons. The number of rotatable bonds is 2. The summed E-state index contributed by atoms with van der Waals surface area (Å²) in [5.41, 5.74) is 5.71. The molecule has 0 saturated carbocycles. The van der Waals surface area contributed by atoms with Gasteiger partial charge in [-0.3, -0.25) is 4.79 Å². The topological polar surface area (TPSA) is 77.0 Å². The van der Waals surface area contributed by atoms with Gasteiger partial charge in [-0.1, -0.05) is 5.21 Å². The third-order valence-electron chi connectivity index (χ3n) is 2.35. The number of hydrogen-bond acceptors (Lipinski definition) is 4. The lowest BCUT2D eigenvalue weighted by molar-refractivity contribution is -0.131. The number of nitrogens with two attached hydrogens (primary N) is 1. The van der Waals surface area contributed by atoms with Crippen molar-refractivity contribution in [3.63, 3.8) is 0 Å². The normalized spacial score (nSPS) is 21.5. The van der Waals surface area contributed by atoms with Crippen LogP contribution < -0.4 is 5.73 Å². The molecule has 2 heterocycles. The zero-order valence-electron chi connectivity index (χ0n) is 7.83. The molecule has 2 N–H and O–H groups in total. The molecule has 0 spiro atoms. The number of hydrogen-bond donors (Lipinski definition) is 1. The van der Waals surface area contributed by atoms with Gasteiger partial charge in [-0.2, -0.15) is 0 Å². The highest BCUT2D eigenvalue weighted by Gasteiger charge is 2.23. The van der Waals surface area contributed by atoms with Crippen LogP contribution in [0.25, 0.3) is 0 Å². The molecule has 14 heavy (non-hydrogen) atoms. The molecule has 0 unspecified atom stereocenters. The predicted molar refractivity (Wildman–Crippen MR) is 49.2 cm³/mol. The van der Waals surface area contributed by atoms with Crippen molar-refractivity contribution in [3.05, 3.63) is 12.4 Å². The molecule has 0 aliphatic carbocycles. The predicted octanol–water partition coefficient (Wildman–Crippen LogP) is -1.16. The first-order valence-corrected chi connectivity index (χ1v) is 4.63. The van der Waals surface area contributed by atoms with Crippen molar-refractivity contribution in [2.45, 2.75) is 19.0 Å². The fourth-order valence-electron chi connectivity index (χ4n) is 1.57. The van der Waals surface area contributed by atoms with E-state index < -0.39 is 0 Å². The van der Waals surface area contributed by atoms with Gasteiger partial charge in [0.2, 0.25) is 5.91 Å². The quantitative estimate of drug-likeness (QED) is 0.645. The Kier molecular flexibility index (Phi) is 2.45. The minimum absolute atomic E-state index is 0.0588. The van der Waals surface area contributed by atoms with E-state index in [9.17, 15) is 4.79 Å². The Labute approximate surface area is 81.7 Å². The zero-order chi connectivity index (χ0) is 9.97. The van der Waals surface area contributed by atoms with Gasteiger partial charge in [-0.05, 0) is 6.42 Å². The molecule has 2 rings (SSSR count). The van der Waals surface area contributed by atoms with E-state index in [0.29, 0.717) is 6.54 Å². The highest BCUT2D eigenvalue weighted by Crippen LogP contribution is 2.07. The second kappa shape index (κ2) is 3.75. The fourth-order valence-corrected chi connectivity index (χ4v) is 1.57. The van der Waals surface area contributed by atoms with Crippen molar-refractivity contribution in [2.24, 2.45) is 5.73 Å². The van der Waals surface area contributed by atoms with Crippen molar-refractivity contribution >= 4 is 5.91 Å². The molecular formula is C8H13N5O. The van der Waals surface area contributed by atoms with Crippen LogP contribution in [0, 0.1) is 0 Å². The van der Waals surface area contributed by atoms with Gasteiger partial charge >= 0.3 is 0 Å². The van der Waals surface area contributed by atoms with Crippen LogP contribution >= 0.6 is 0 Å². The third kappa shape index (κ3) is 1.90. The minimum Gasteiger partial charge on any atom is -0.339 e. The van der Waals surface area contributed by atoms with Gasteiger partial charge in [0, 0.05) is 25.3 Å². The first kappa shape index (κ1) is 9.14. The van der Waals surface area contributed by atoms with Gasteiger partial charge in [0.25, 0.3) is 0 Å². The van der Waals surface area contributed by atoms with Gasteiger partial charge in [0.1, 0.15) is 6.54 Å². The maximum atomic E-state index is 11.6. The van der Waals surface area contributed by atoms with Crippen LogP contribution in [0.1, 0.15) is 6.42 Å². The lowest BCUT2D eigenvalue weighted by Gasteiger charge is -2.15. The van der Waals surface area contributed by atoms with E-state index in [-0.39, 0.29) is 18.5 Å². The second-order valence-corrected chi connectivity index (χ2v) is 3.49. The van der Waals surface area contributed by atoms with Gasteiger partial charge in [-0.25, -0.2) is 4.68 Å². The van der Waals surface area contributed by atoms with Crippen LogP contribution in [0.4, 0.5) is 0 Å². The van der Waals surface area contributed by atoms with Crippen LogP contribution in [-0.4, -0.2) is 44.9 Å². The smallest absolute Gasteiger partial charge is 0.244 e. The summed E-state index contributed by atoms with van der Waals surface area (Å²) in [4.78, 5) is 13.4. The van der Waals surface area contributed by atoms with E-state index in [0.717, 1.165) is 13.0 Å². The minimum atomic E-state index is 0.0588. The lowest BCUT2D eigenvalue weighted by Crippen LogP contribution is -2.34. The second-order valence-electron chi connectivity index (χ2n) is 3.49. The van der Waals surface area contributed by atoms with E-state index >= 15 is 0 Å². The third-order valence-corrected chi connectivity index (χ3v) is 2.35. The maximum absolute atomic E-state index is 11.6. The Morgan fingerprint density at radius 1 is 1.64 bits per heavy atom. The Morgan fingerprint density at radius 2 is 2.50 bits per heavy atom. The number of likely N-dealkylation sites (tertiary alicyclic amines) is 1. The molecule has 1 aromatic rings. The maximum Gasteiger partial charge on any atom is 0.244 e. The van der Waals surface area contributed by atoms with Crippen LogP contribution in [0.3, 0.4) is 0 Å². The summed E-state index contributed by atoms with van der Waals surface area (Å²) in [7, 11) is 0. The first-order valence-electron chi connectivity index (χ1n) is 4.63. The summed E-state index contributed by atoms with van der Waals surface area (Å²) in [6.45, 7) is 1.68. The molecular weight excluding hydrogens is 182 g/mol. The first-order chi connectivity index (χ1) is 6.75. The monoisotopic (exact) mass is 195 g/mol. The van der Waals surface area contributed by atoms with Crippen LogP contribution in [0.2, 0.25) is 0 Å². The van der Waals surface area contributed by atoms with Crippen molar-refractivity contribution in [1.82, 2.24) is 19.9 Å². The van der Waals surface area contributed by atoms with E-state index in [1.54, 1.807) is 17.3 Å². The molecule has 1 saturated heterocycles. The Balaban J connectivity index is 1.90. The molecule has 1 aliphatic rings. The standard InChI is InChI=1S/C8H13N5O/c9-7-1-3-12(5-7)8(14)6-13-4-2-10-11-13/h2,4,7H,1,3,5-6,9H2/t7-/m1/s1. The molecule has 1 aromatic heterocycles. The van der Waals surface area contributed by atoms with Gasteiger partial charge in [0.05, 0.1) is 6.20 Å². The summed E-state index contributed by atoms with van der Waals surface area (Å²) in [6, 6.07) is 0.134. The Bertz CT molecular complexity index is 310. The van der Waals surface area contributed by atoms with Gasteiger partial charge in [-0.15, -0.1) is 5.10 Å². The summed E-state index contributed by atoms with van der Waals surface area (Å²) in [5, 5.41) is 7.37. The Morgan fingerprint density at radius 3 is 3.07 bits per heavy atom. The number of nitrogens with zero attached hydrogens (tertiary/aromatic N) is 4. The highest BCUT2D eigenvalue weighted by atomic mass is 16.2. The molecule has 1 amide bonds. The molecule has 6 heteroatoms. The molecule has 0 aromatic carbocycles.